The number of nitrogens with zero attached hydrogens (tertiary/aromatic N) is 4. The maximum atomic E-state index is 13.3. The molecule has 2 amide bonds. The highest BCUT2D eigenvalue weighted by Gasteiger charge is 2.32. The molecule has 1 aliphatic heterocycles. The fraction of sp³-hybridized carbons (Fsp3) is 0.312. The van der Waals surface area contributed by atoms with E-state index in [1.54, 1.807) is 16.0 Å². The molecule has 1 saturated heterocycles. The van der Waals surface area contributed by atoms with Crippen LogP contribution in [0.25, 0.3) is 22.2 Å². The monoisotopic (exact) mass is 586 g/mol. The predicted molar refractivity (Wildman–Crippen MR) is 166 cm³/mol. The zero-order valence-electron chi connectivity index (χ0n) is 24.1. The van der Waals surface area contributed by atoms with E-state index in [1.165, 1.54) is 6.08 Å². The van der Waals surface area contributed by atoms with Gasteiger partial charge in [0.2, 0.25) is 11.9 Å². The highest BCUT2D eigenvalue weighted by atomic mass is 35.5. The smallest absolute Gasteiger partial charge is 0.410 e. The Balaban J connectivity index is 1.33. The molecule has 1 aliphatic rings. The van der Waals surface area contributed by atoms with E-state index in [-0.39, 0.29) is 11.9 Å². The summed E-state index contributed by atoms with van der Waals surface area (Å²) in [6.45, 7) is 10.6. The van der Waals surface area contributed by atoms with E-state index < -0.39 is 11.7 Å². The van der Waals surface area contributed by atoms with E-state index in [9.17, 15) is 9.59 Å². The quantitative estimate of drug-likeness (QED) is 0.227. The molecular formula is C32H35ClN6O3. The summed E-state index contributed by atoms with van der Waals surface area (Å²) in [6, 6.07) is 15.5. The van der Waals surface area contributed by atoms with Crippen LogP contribution in [0.4, 0.5) is 16.4 Å². The number of carbonyl (C=O) groups is 2. The van der Waals surface area contributed by atoms with Gasteiger partial charge in [-0.05, 0) is 63.5 Å². The topological polar surface area (TPSA) is 103 Å². The first kappa shape index (κ1) is 29.1. The van der Waals surface area contributed by atoms with Crippen molar-refractivity contribution in [2.45, 2.75) is 51.8 Å². The van der Waals surface area contributed by atoms with E-state index in [0.717, 1.165) is 40.6 Å². The Labute approximate surface area is 250 Å². The van der Waals surface area contributed by atoms with E-state index in [1.807, 2.05) is 75.5 Å². The van der Waals surface area contributed by atoms with Crippen LogP contribution in [0, 0.1) is 0 Å². The summed E-state index contributed by atoms with van der Waals surface area (Å²) >= 11 is 6.49. The molecular weight excluding hydrogens is 552 g/mol. The molecule has 2 aromatic heterocycles. The minimum atomic E-state index is -0.640. The van der Waals surface area contributed by atoms with Gasteiger partial charge in [0.25, 0.3) is 0 Å². The fourth-order valence-corrected chi connectivity index (χ4v) is 5.30. The second kappa shape index (κ2) is 12.2. The molecule has 2 N–H and O–H groups in total. The van der Waals surface area contributed by atoms with Crippen molar-refractivity contribution in [2.75, 3.05) is 18.4 Å². The summed E-state index contributed by atoms with van der Waals surface area (Å²) < 4.78 is 5.75. The van der Waals surface area contributed by atoms with E-state index in [4.69, 9.17) is 21.3 Å². The second-order valence-corrected chi connectivity index (χ2v) is 11.8. The van der Waals surface area contributed by atoms with Crippen molar-refractivity contribution in [2.24, 2.45) is 0 Å². The molecule has 0 radical (unpaired) electrons. The summed E-state index contributed by atoms with van der Waals surface area (Å²) in [5, 5.41) is 4.74. The Bertz CT molecular complexity index is 1590. The van der Waals surface area contributed by atoms with Crippen molar-refractivity contribution in [1.82, 2.24) is 24.8 Å². The standard InChI is InChI=1S/C32H35ClN6O3/c1-5-28(40)38-16-8-9-23(20-38)39(31(41)42-32(2,3)4)19-21-12-14-22(15-13-21)36-30-35-18-26(33)29(37-30)25-17-34-27-11-7-6-10-24(25)27/h5-7,10-15,17-18,23,34H,1,8-9,16,19-20H2,2-4H3,(H,35,36,37)/t23-/m1/s1. The first-order valence-corrected chi connectivity index (χ1v) is 14.3. The SMILES string of the molecule is C=CC(=O)N1CCC[C@@H](N(Cc2ccc(Nc3ncc(Cl)c(-c4c[nH]c5ccccc45)n3)cc2)C(=O)OC(C)(C)C)C1. The number of fused-ring (bicyclic) bond motifs is 1. The summed E-state index contributed by atoms with van der Waals surface area (Å²) in [4.78, 5) is 41.4. The number of ether oxygens (including phenoxy) is 1. The van der Waals surface area contributed by atoms with Crippen LogP contribution in [0.3, 0.4) is 0 Å². The number of likely N-dealkylation sites (tertiary alicyclic amines) is 1. The van der Waals surface area contributed by atoms with Crippen LogP contribution in [0.15, 0.2) is 73.6 Å². The second-order valence-electron chi connectivity index (χ2n) is 11.4. The number of hydrogen-bond acceptors (Lipinski definition) is 6. The number of halogens is 1. The van der Waals surface area contributed by atoms with Crippen LogP contribution in [0.2, 0.25) is 5.02 Å². The fourth-order valence-electron chi connectivity index (χ4n) is 5.10. The maximum absolute atomic E-state index is 13.3. The zero-order chi connectivity index (χ0) is 29.9. The minimum absolute atomic E-state index is 0.128. The van der Waals surface area contributed by atoms with Crippen LogP contribution in [-0.4, -0.2) is 61.5 Å². The third kappa shape index (κ3) is 6.74. The molecule has 0 unspecified atom stereocenters. The van der Waals surface area contributed by atoms with Crippen molar-refractivity contribution in [3.8, 4) is 11.3 Å². The van der Waals surface area contributed by atoms with Crippen LogP contribution in [0.5, 0.6) is 0 Å². The van der Waals surface area contributed by atoms with Crippen LogP contribution < -0.4 is 5.32 Å². The lowest BCUT2D eigenvalue weighted by atomic mass is 10.0. The number of aromatic amines is 1. The van der Waals surface area contributed by atoms with Crippen molar-refractivity contribution in [1.29, 1.82) is 0 Å². The molecule has 9 nitrogen and oxygen atoms in total. The average Bonchev–Trinajstić information content (AvgIpc) is 3.40. The normalized spacial score (nSPS) is 15.3. The molecule has 1 atom stereocenters. The molecule has 218 valence electrons. The van der Waals surface area contributed by atoms with Crippen molar-refractivity contribution in [3.05, 3.63) is 84.2 Å². The molecule has 1 fully saturated rings. The van der Waals surface area contributed by atoms with Gasteiger partial charge in [0.1, 0.15) is 5.60 Å². The number of aromatic nitrogens is 3. The number of amides is 2. The van der Waals surface area contributed by atoms with E-state index >= 15 is 0 Å². The first-order chi connectivity index (χ1) is 20.1. The number of benzene rings is 2. The summed E-state index contributed by atoms with van der Waals surface area (Å²) in [6.07, 6.45) is 5.99. The Hall–Kier alpha value is -4.37. The minimum Gasteiger partial charge on any atom is -0.444 e. The Morgan fingerprint density at radius 1 is 1.21 bits per heavy atom. The number of para-hydroxylation sites is 1. The number of nitrogens with one attached hydrogen (secondary N) is 2. The number of H-pyrrole nitrogens is 1. The van der Waals surface area contributed by atoms with Gasteiger partial charge < -0.3 is 19.9 Å². The van der Waals surface area contributed by atoms with Crippen molar-refractivity contribution < 1.29 is 14.3 Å². The van der Waals surface area contributed by atoms with Gasteiger partial charge in [-0.25, -0.2) is 14.8 Å². The van der Waals surface area contributed by atoms with Gasteiger partial charge in [-0.1, -0.05) is 48.5 Å². The number of hydrogen-bond donors (Lipinski definition) is 2. The molecule has 42 heavy (non-hydrogen) atoms. The Morgan fingerprint density at radius 2 is 1.98 bits per heavy atom. The largest absolute Gasteiger partial charge is 0.444 e. The number of anilines is 2. The molecule has 2 aromatic carbocycles. The van der Waals surface area contributed by atoms with Gasteiger partial charge in [0.15, 0.2) is 0 Å². The Kier molecular flexibility index (Phi) is 8.49. The maximum Gasteiger partial charge on any atom is 0.410 e. The highest BCUT2D eigenvalue weighted by Crippen LogP contribution is 2.33. The molecule has 5 rings (SSSR count). The summed E-state index contributed by atoms with van der Waals surface area (Å²) in [5.41, 5.74) is 3.60. The zero-order valence-corrected chi connectivity index (χ0v) is 24.8. The number of piperidine rings is 1. The summed E-state index contributed by atoms with van der Waals surface area (Å²) in [7, 11) is 0. The van der Waals surface area contributed by atoms with Gasteiger partial charge in [-0.2, -0.15) is 0 Å². The average molecular weight is 587 g/mol. The van der Waals surface area contributed by atoms with Gasteiger partial charge in [0.05, 0.1) is 23.0 Å². The Morgan fingerprint density at radius 3 is 2.71 bits per heavy atom. The molecule has 10 heteroatoms. The van der Waals surface area contributed by atoms with Gasteiger partial charge in [-0.15, -0.1) is 0 Å². The first-order valence-electron chi connectivity index (χ1n) is 14.0. The van der Waals surface area contributed by atoms with Crippen molar-refractivity contribution in [3.63, 3.8) is 0 Å². The third-order valence-corrected chi connectivity index (χ3v) is 7.38. The lowest BCUT2D eigenvalue weighted by Gasteiger charge is -2.39. The molecule has 0 spiro atoms. The third-order valence-electron chi connectivity index (χ3n) is 7.10. The van der Waals surface area contributed by atoms with E-state index in [0.29, 0.717) is 36.3 Å². The molecule has 3 heterocycles. The predicted octanol–water partition coefficient (Wildman–Crippen LogP) is 6.94. The van der Waals surface area contributed by atoms with Crippen LogP contribution >= 0.6 is 11.6 Å². The molecule has 0 saturated carbocycles. The number of rotatable bonds is 7. The van der Waals surface area contributed by atoms with Gasteiger partial charge >= 0.3 is 6.09 Å². The van der Waals surface area contributed by atoms with Crippen LogP contribution in [0.1, 0.15) is 39.2 Å². The van der Waals surface area contributed by atoms with Crippen molar-refractivity contribution >= 4 is 46.1 Å². The molecule has 4 aromatic rings. The van der Waals surface area contributed by atoms with Gasteiger partial charge in [0, 0.05) is 48.0 Å². The molecule has 0 bridgehead atoms. The highest BCUT2D eigenvalue weighted by molar-refractivity contribution is 6.33. The van der Waals surface area contributed by atoms with E-state index in [2.05, 4.69) is 21.9 Å². The summed E-state index contributed by atoms with van der Waals surface area (Å²) in [5.74, 6) is 0.286. The lowest BCUT2D eigenvalue weighted by Crippen LogP contribution is -2.52. The number of carbonyl (C=O) groups excluding carboxylic acids is 2. The lowest BCUT2D eigenvalue weighted by molar-refractivity contribution is -0.128. The molecule has 0 aliphatic carbocycles. The van der Waals surface area contributed by atoms with Crippen LogP contribution in [-0.2, 0) is 16.1 Å². The van der Waals surface area contributed by atoms with Gasteiger partial charge in [-0.3, -0.25) is 9.69 Å².